The van der Waals surface area contributed by atoms with E-state index in [1.807, 2.05) is 20.8 Å². The van der Waals surface area contributed by atoms with Gasteiger partial charge in [-0.2, -0.15) is 0 Å². The second-order valence-electron chi connectivity index (χ2n) is 7.13. The number of halogens is 2. The molecule has 1 aromatic carbocycles. The van der Waals surface area contributed by atoms with E-state index in [0.29, 0.717) is 40.4 Å². The van der Waals surface area contributed by atoms with Crippen LogP contribution in [0.25, 0.3) is 0 Å². The van der Waals surface area contributed by atoms with Crippen molar-refractivity contribution in [2.45, 2.75) is 32.4 Å². The number of rotatable bonds is 0. The topological polar surface area (TPSA) is 59.1 Å². The number of hydrogen-bond acceptors (Lipinski definition) is 4. The molecule has 0 aliphatic carbocycles. The van der Waals surface area contributed by atoms with Gasteiger partial charge in [-0.25, -0.2) is 4.79 Å². The Labute approximate surface area is 160 Å². The van der Waals surface area contributed by atoms with Gasteiger partial charge in [-0.05, 0) is 48.8 Å². The number of benzene rings is 1. The molecule has 1 atom stereocenters. The molecular weight excluding hydrogens is 412 g/mol. The number of fused-ring (bicyclic) bond motifs is 2. The van der Waals surface area contributed by atoms with Crippen molar-refractivity contribution < 1.29 is 19.1 Å². The summed E-state index contributed by atoms with van der Waals surface area (Å²) in [7, 11) is 0. The molecule has 25 heavy (non-hydrogen) atoms. The van der Waals surface area contributed by atoms with Crippen molar-refractivity contribution in [3.8, 4) is 5.75 Å². The van der Waals surface area contributed by atoms with Gasteiger partial charge < -0.3 is 19.3 Å². The van der Waals surface area contributed by atoms with Gasteiger partial charge >= 0.3 is 6.09 Å². The molecule has 1 saturated heterocycles. The maximum Gasteiger partial charge on any atom is 0.410 e. The maximum atomic E-state index is 12.9. The summed E-state index contributed by atoms with van der Waals surface area (Å²) in [6.07, 6.45) is -0.373. The lowest BCUT2D eigenvalue weighted by Crippen LogP contribution is -2.58. The molecule has 8 heteroatoms. The molecule has 2 heterocycles. The van der Waals surface area contributed by atoms with Gasteiger partial charge in [0.1, 0.15) is 12.2 Å². The molecule has 0 spiro atoms. The average Bonchev–Trinajstić information content (AvgIpc) is 2.67. The molecule has 0 aromatic heterocycles. The largest absolute Gasteiger partial charge is 0.489 e. The number of nitrogens with zero attached hydrogens (tertiary/aromatic N) is 2. The lowest BCUT2D eigenvalue weighted by molar-refractivity contribution is 0.000952. The van der Waals surface area contributed by atoms with Crippen molar-refractivity contribution in [1.82, 2.24) is 9.80 Å². The van der Waals surface area contributed by atoms with E-state index >= 15 is 0 Å². The van der Waals surface area contributed by atoms with Crippen molar-refractivity contribution in [2.24, 2.45) is 0 Å². The fourth-order valence-corrected chi connectivity index (χ4v) is 3.46. The summed E-state index contributed by atoms with van der Waals surface area (Å²) in [6.45, 7) is 6.99. The van der Waals surface area contributed by atoms with E-state index in [2.05, 4.69) is 15.9 Å². The monoisotopic (exact) mass is 430 g/mol. The summed E-state index contributed by atoms with van der Waals surface area (Å²) < 4.78 is 11.9. The highest BCUT2D eigenvalue weighted by atomic mass is 79.9. The van der Waals surface area contributed by atoms with Crippen LogP contribution in [0.5, 0.6) is 5.75 Å². The van der Waals surface area contributed by atoms with Crippen LogP contribution in [0.2, 0.25) is 5.02 Å². The minimum Gasteiger partial charge on any atom is -0.489 e. The maximum absolute atomic E-state index is 12.9. The molecule has 2 amide bonds. The molecule has 2 aliphatic rings. The van der Waals surface area contributed by atoms with Gasteiger partial charge in [-0.3, -0.25) is 4.79 Å². The van der Waals surface area contributed by atoms with E-state index in [9.17, 15) is 9.59 Å². The highest BCUT2D eigenvalue weighted by Gasteiger charge is 2.38. The second kappa shape index (κ2) is 6.68. The third kappa shape index (κ3) is 3.72. The first-order valence-electron chi connectivity index (χ1n) is 8.07. The summed E-state index contributed by atoms with van der Waals surface area (Å²) in [5, 5.41) is 0.384. The van der Waals surface area contributed by atoms with Crippen LogP contribution >= 0.6 is 27.5 Å². The smallest absolute Gasteiger partial charge is 0.410 e. The fourth-order valence-electron chi connectivity index (χ4n) is 2.93. The average molecular weight is 432 g/mol. The Morgan fingerprint density at radius 1 is 1.36 bits per heavy atom. The summed E-state index contributed by atoms with van der Waals surface area (Å²) in [6, 6.07) is 3.20. The first kappa shape index (κ1) is 18.3. The Bertz CT molecular complexity index is 719. The molecule has 0 radical (unpaired) electrons. The van der Waals surface area contributed by atoms with Crippen molar-refractivity contribution in [3.05, 3.63) is 27.2 Å². The predicted octanol–water partition coefficient (Wildman–Crippen LogP) is 3.56. The SMILES string of the molecule is CC(C)(C)OC(=O)N1CCN2C(=O)c3ccc(Br)c(Cl)c3OC[C@@H]2C1. The van der Waals surface area contributed by atoms with Crippen LogP contribution in [0.4, 0.5) is 4.79 Å². The van der Waals surface area contributed by atoms with Crippen LogP contribution in [-0.4, -0.2) is 59.7 Å². The van der Waals surface area contributed by atoms with E-state index in [4.69, 9.17) is 21.1 Å². The quantitative estimate of drug-likeness (QED) is 0.630. The number of carbonyl (C=O) groups is 2. The summed E-state index contributed by atoms with van der Waals surface area (Å²) in [5.74, 6) is 0.259. The number of amides is 2. The van der Waals surface area contributed by atoms with E-state index in [-0.39, 0.29) is 24.6 Å². The van der Waals surface area contributed by atoms with Crippen LogP contribution in [0.15, 0.2) is 16.6 Å². The minimum atomic E-state index is -0.556. The zero-order valence-corrected chi connectivity index (χ0v) is 16.7. The predicted molar refractivity (Wildman–Crippen MR) is 97.3 cm³/mol. The lowest BCUT2D eigenvalue weighted by atomic mass is 10.1. The number of piperazine rings is 1. The van der Waals surface area contributed by atoms with Crippen molar-refractivity contribution in [2.75, 3.05) is 26.2 Å². The minimum absolute atomic E-state index is 0.129. The van der Waals surface area contributed by atoms with Gasteiger partial charge in [0.25, 0.3) is 5.91 Å². The molecule has 0 N–H and O–H groups in total. The van der Waals surface area contributed by atoms with Gasteiger partial charge in [0, 0.05) is 24.1 Å². The third-order valence-electron chi connectivity index (χ3n) is 4.10. The second-order valence-corrected chi connectivity index (χ2v) is 8.36. The van der Waals surface area contributed by atoms with Gasteiger partial charge in [-0.15, -0.1) is 0 Å². The Kier molecular flexibility index (Phi) is 4.90. The Hall–Kier alpha value is -1.47. The first-order chi connectivity index (χ1) is 11.7. The standard InChI is InChI=1S/C17H20BrClN2O4/c1-17(2,3)25-16(23)20-6-7-21-10(8-20)9-24-14-11(15(21)22)4-5-12(18)13(14)19/h4-5,10H,6-9H2,1-3H3/t10-/m0/s1. The van der Waals surface area contributed by atoms with Gasteiger partial charge in [-0.1, -0.05) is 11.6 Å². The van der Waals surface area contributed by atoms with Gasteiger partial charge in [0.2, 0.25) is 0 Å². The van der Waals surface area contributed by atoms with Gasteiger partial charge in [0.05, 0.1) is 16.6 Å². The summed E-state index contributed by atoms with van der Waals surface area (Å²) in [4.78, 5) is 28.6. The molecule has 3 rings (SSSR count). The highest BCUT2D eigenvalue weighted by molar-refractivity contribution is 9.10. The number of ether oxygens (including phenoxy) is 2. The molecule has 0 unspecified atom stereocenters. The van der Waals surface area contributed by atoms with E-state index in [0.717, 1.165) is 0 Å². The molecule has 1 fully saturated rings. The third-order valence-corrected chi connectivity index (χ3v) is 5.36. The van der Waals surface area contributed by atoms with E-state index in [1.165, 1.54) is 0 Å². The number of hydrogen-bond donors (Lipinski definition) is 0. The zero-order chi connectivity index (χ0) is 18.4. The van der Waals surface area contributed by atoms with Crippen LogP contribution < -0.4 is 4.74 Å². The van der Waals surface area contributed by atoms with Gasteiger partial charge in [0.15, 0.2) is 5.75 Å². The summed E-state index contributed by atoms with van der Waals surface area (Å²) >= 11 is 9.62. The molecule has 2 aliphatic heterocycles. The van der Waals surface area contributed by atoms with E-state index in [1.54, 1.807) is 21.9 Å². The van der Waals surface area contributed by atoms with Crippen molar-refractivity contribution >= 4 is 39.5 Å². The van der Waals surface area contributed by atoms with Crippen LogP contribution in [-0.2, 0) is 4.74 Å². The van der Waals surface area contributed by atoms with Crippen LogP contribution in [0.1, 0.15) is 31.1 Å². The zero-order valence-electron chi connectivity index (χ0n) is 14.3. The molecule has 1 aromatic rings. The summed E-state index contributed by atoms with van der Waals surface area (Å²) in [5.41, 5.74) is -0.110. The van der Waals surface area contributed by atoms with E-state index < -0.39 is 5.60 Å². The molecule has 0 bridgehead atoms. The Morgan fingerprint density at radius 3 is 2.76 bits per heavy atom. The molecule has 136 valence electrons. The molecular formula is C17H20BrClN2O4. The molecule has 0 saturated carbocycles. The Balaban J connectivity index is 1.80. The first-order valence-corrected chi connectivity index (χ1v) is 9.24. The lowest BCUT2D eigenvalue weighted by Gasteiger charge is -2.40. The normalized spacial score (nSPS) is 20.4. The van der Waals surface area contributed by atoms with Crippen LogP contribution in [0.3, 0.4) is 0 Å². The van der Waals surface area contributed by atoms with Crippen LogP contribution in [0, 0.1) is 0 Å². The Morgan fingerprint density at radius 2 is 2.08 bits per heavy atom. The highest BCUT2D eigenvalue weighted by Crippen LogP contribution is 2.38. The van der Waals surface area contributed by atoms with Crippen molar-refractivity contribution in [3.63, 3.8) is 0 Å². The van der Waals surface area contributed by atoms with Crippen molar-refractivity contribution in [1.29, 1.82) is 0 Å². The fraction of sp³-hybridized carbons (Fsp3) is 0.529. The molecule has 6 nitrogen and oxygen atoms in total. The number of carbonyl (C=O) groups excluding carboxylic acids is 2.